The first-order chi connectivity index (χ1) is 8.83. The number of hydrogen-bond acceptors (Lipinski definition) is 3. The van der Waals surface area contributed by atoms with Crippen molar-refractivity contribution in [1.82, 2.24) is 4.98 Å². The van der Waals surface area contributed by atoms with Crippen LogP contribution < -0.4 is 4.90 Å². The maximum absolute atomic E-state index is 8.79. The molecule has 1 aromatic heterocycles. The fourth-order valence-corrected chi connectivity index (χ4v) is 1.93. The SMILES string of the molecule is Cc1cnccc1N(CCC#N)c1ccccc1. The first-order valence-electron chi connectivity index (χ1n) is 5.93. The normalized spacial score (nSPS) is 9.78. The van der Waals surface area contributed by atoms with Gasteiger partial charge in [-0.1, -0.05) is 18.2 Å². The molecule has 0 unspecified atom stereocenters. The van der Waals surface area contributed by atoms with E-state index < -0.39 is 0 Å². The zero-order chi connectivity index (χ0) is 12.8. The molecule has 0 aliphatic carbocycles. The van der Waals surface area contributed by atoms with Gasteiger partial charge in [0.05, 0.1) is 12.5 Å². The standard InChI is InChI=1S/C15H15N3/c1-13-12-17-10-8-15(13)18(11-5-9-16)14-6-3-2-4-7-14/h2-4,6-8,10,12H,5,11H2,1H3. The monoisotopic (exact) mass is 237 g/mol. The lowest BCUT2D eigenvalue weighted by Gasteiger charge is -2.25. The molecule has 0 radical (unpaired) electrons. The van der Waals surface area contributed by atoms with Crippen LogP contribution in [0.15, 0.2) is 48.8 Å². The van der Waals surface area contributed by atoms with Crippen molar-refractivity contribution in [3.05, 3.63) is 54.4 Å². The van der Waals surface area contributed by atoms with Gasteiger partial charge in [0.1, 0.15) is 0 Å². The summed E-state index contributed by atoms with van der Waals surface area (Å²) < 4.78 is 0. The number of pyridine rings is 1. The predicted octanol–water partition coefficient (Wildman–Crippen LogP) is 3.44. The molecule has 0 amide bonds. The zero-order valence-electron chi connectivity index (χ0n) is 10.4. The molecule has 90 valence electrons. The number of nitriles is 1. The second-order valence-corrected chi connectivity index (χ2v) is 4.06. The Labute approximate surface area is 107 Å². The summed E-state index contributed by atoms with van der Waals surface area (Å²) in [6.45, 7) is 2.72. The molecule has 0 spiro atoms. The zero-order valence-corrected chi connectivity index (χ0v) is 10.4. The molecule has 3 nitrogen and oxygen atoms in total. The van der Waals surface area contributed by atoms with Crippen LogP contribution in [0.3, 0.4) is 0 Å². The van der Waals surface area contributed by atoms with Gasteiger partial charge < -0.3 is 4.90 Å². The van der Waals surface area contributed by atoms with E-state index in [9.17, 15) is 0 Å². The van der Waals surface area contributed by atoms with E-state index in [1.807, 2.05) is 37.4 Å². The molecule has 0 aliphatic rings. The summed E-state index contributed by atoms with van der Waals surface area (Å²) in [6, 6.07) is 14.3. The highest BCUT2D eigenvalue weighted by Crippen LogP contribution is 2.27. The van der Waals surface area contributed by atoms with Crippen molar-refractivity contribution >= 4 is 11.4 Å². The van der Waals surface area contributed by atoms with Crippen molar-refractivity contribution < 1.29 is 0 Å². The Morgan fingerprint density at radius 2 is 2.00 bits per heavy atom. The van der Waals surface area contributed by atoms with Gasteiger partial charge in [-0.05, 0) is 30.7 Å². The number of aromatic nitrogens is 1. The highest BCUT2D eigenvalue weighted by atomic mass is 15.1. The Balaban J connectivity index is 2.38. The molecule has 2 rings (SSSR count). The Bertz CT molecular complexity index is 543. The van der Waals surface area contributed by atoms with Crippen molar-refractivity contribution in [2.75, 3.05) is 11.4 Å². The molecule has 1 aromatic carbocycles. The van der Waals surface area contributed by atoms with Gasteiger partial charge >= 0.3 is 0 Å². The fraction of sp³-hybridized carbons (Fsp3) is 0.200. The second kappa shape index (κ2) is 5.83. The van der Waals surface area contributed by atoms with Crippen molar-refractivity contribution in [3.8, 4) is 6.07 Å². The summed E-state index contributed by atoms with van der Waals surface area (Å²) in [5, 5.41) is 8.79. The van der Waals surface area contributed by atoms with Gasteiger partial charge in [0.2, 0.25) is 0 Å². The van der Waals surface area contributed by atoms with Crippen LogP contribution in [-0.4, -0.2) is 11.5 Å². The average molecular weight is 237 g/mol. The largest absolute Gasteiger partial charge is 0.340 e. The van der Waals surface area contributed by atoms with E-state index in [1.165, 1.54) is 0 Å². The maximum Gasteiger partial charge on any atom is 0.0640 e. The molecule has 0 N–H and O–H groups in total. The number of anilines is 2. The number of rotatable bonds is 4. The van der Waals surface area contributed by atoms with Crippen LogP contribution in [-0.2, 0) is 0 Å². The van der Waals surface area contributed by atoms with Crippen LogP contribution in [0.25, 0.3) is 0 Å². The van der Waals surface area contributed by atoms with Crippen LogP contribution in [0, 0.1) is 18.3 Å². The number of para-hydroxylation sites is 1. The molecule has 0 aliphatic heterocycles. The summed E-state index contributed by atoms with van der Waals surface area (Å²) in [7, 11) is 0. The fourth-order valence-electron chi connectivity index (χ4n) is 1.93. The molecule has 0 atom stereocenters. The molecule has 0 fully saturated rings. The Morgan fingerprint density at radius 1 is 1.22 bits per heavy atom. The van der Waals surface area contributed by atoms with Gasteiger partial charge in [-0.15, -0.1) is 0 Å². The topological polar surface area (TPSA) is 39.9 Å². The van der Waals surface area contributed by atoms with Crippen LogP contribution in [0.5, 0.6) is 0 Å². The third kappa shape index (κ3) is 2.67. The molecule has 18 heavy (non-hydrogen) atoms. The van der Waals surface area contributed by atoms with Gasteiger partial charge in [-0.3, -0.25) is 4.98 Å². The van der Waals surface area contributed by atoms with Gasteiger partial charge in [0.15, 0.2) is 0 Å². The van der Waals surface area contributed by atoms with E-state index in [1.54, 1.807) is 6.20 Å². The van der Waals surface area contributed by atoms with E-state index in [2.05, 4.69) is 28.1 Å². The first kappa shape index (κ1) is 12.1. The van der Waals surface area contributed by atoms with E-state index in [4.69, 9.17) is 5.26 Å². The lowest BCUT2D eigenvalue weighted by Crippen LogP contribution is -2.19. The minimum atomic E-state index is 0.497. The van der Waals surface area contributed by atoms with Gasteiger partial charge in [-0.2, -0.15) is 5.26 Å². The van der Waals surface area contributed by atoms with E-state index in [-0.39, 0.29) is 0 Å². The minimum Gasteiger partial charge on any atom is -0.340 e. The van der Waals surface area contributed by atoms with Crippen LogP contribution >= 0.6 is 0 Å². The van der Waals surface area contributed by atoms with E-state index in [0.717, 1.165) is 16.9 Å². The Hall–Kier alpha value is -2.34. The molecule has 0 saturated carbocycles. The van der Waals surface area contributed by atoms with E-state index >= 15 is 0 Å². The molecule has 2 aromatic rings. The molecule has 3 heteroatoms. The van der Waals surface area contributed by atoms with Crippen molar-refractivity contribution in [2.45, 2.75) is 13.3 Å². The lowest BCUT2D eigenvalue weighted by molar-refractivity contribution is 0.940. The third-order valence-electron chi connectivity index (χ3n) is 2.80. The van der Waals surface area contributed by atoms with Gasteiger partial charge in [0, 0.05) is 30.3 Å². The molecule has 1 heterocycles. The summed E-state index contributed by atoms with van der Waals surface area (Å²) in [4.78, 5) is 6.26. The molecule has 0 bridgehead atoms. The second-order valence-electron chi connectivity index (χ2n) is 4.06. The molecule has 0 saturated heterocycles. The summed E-state index contributed by atoms with van der Waals surface area (Å²) >= 11 is 0. The minimum absolute atomic E-state index is 0.497. The Morgan fingerprint density at radius 3 is 2.67 bits per heavy atom. The Kier molecular flexibility index (Phi) is 3.93. The quantitative estimate of drug-likeness (QED) is 0.817. The van der Waals surface area contributed by atoms with Crippen molar-refractivity contribution in [1.29, 1.82) is 5.26 Å². The maximum atomic E-state index is 8.79. The summed E-state index contributed by atoms with van der Waals surface area (Å²) in [6.07, 6.45) is 4.12. The number of aryl methyl sites for hydroxylation is 1. The van der Waals surface area contributed by atoms with Crippen LogP contribution in [0.4, 0.5) is 11.4 Å². The van der Waals surface area contributed by atoms with Gasteiger partial charge in [-0.25, -0.2) is 0 Å². The lowest BCUT2D eigenvalue weighted by atomic mass is 10.2. The van der Waals surface area contributed by atoms with Crippen molar-refractivity contribution in [3.63, 3.8) is 0 Å². The van der Waals surface area contributed by atoms with Gasteiger partial charge in [0.25, 0.3) is 0 Å². The molecular formula is C15H15N3. The van der Waals surface area contributed by atoms with Crippen molar-refractivity contribution in [2.24, 2.45) is 0 Å². The number of nitrogens with zero attached hydrogens (tertiary/aromatic N) is 3. The average Bonchev–Trinajstić information content (AvgIpc) is 2.42. The first-order valence-corrected chi connectivity index (χ1v) is 5.93. The van der Waals surface area contributed by atoms with Crippen LogP contribution in [0.2, 0.25) is 0 Å². The molecular weight excluding hydrogens is 222 g/mol. The smallest absolute Gasteiger partial charge is 0.0640 e. The number of hydrogen-bond donors (Lipinski definition) is 0. The highest BCUT2D eigenvalue weighted by molar-refractivity contribution is 5.65. The third-order valence-corrected chi connectivity index (χ3v) is 2.80. The predicted molar refractivity (Wildman–Crippen MR) is 72.7 cm³/mol. The number of benzene rings is 1. The highest BCUT2D eigenvalue weighted by Gasteiger charge is 2.10. The van der Waals surface area contributed by atoms with Crippen LogP contribution in [0.1, 0.15) is 12.0 Å². The van der Waals surface area contributed by atoms with E-state index in [0.29, 0.717) is 13.0 Å². The summed E-state index contributed by atoms with van der Waals surface area (Å²) in [5.41, 5.74) is 3.31. The summed E-state index contributed by atoms with van der Waals surface area (Å²) in [5.74, 6) is 0.